The molecule has 0 amide bonds. The fraction of sp³-hybridized carbons (Fsp3) is 0.238. The fourth-order valence-electron chi connectivity index (χ4n) is 3.92. The monoisotopic (exact) mass is 396 g/mol. The van der Waals surface area contributed by atoms with E-state index in [0.29, 0.717) is 0 Å². The molecule has 138 valence electrons. The lowest BCUT2D eigenvalue weighted by atomic mass is 9.97. The average molecular weight is 397 g/mol. The van der Waals surface area contributed by atoms with Crippen molar-refractivity contribution in [1.29, 1.82) is 0 Å². The zero-order chi connectivity index (χ0) is 19.1. The number of aromatic nitrogens is 2. The minimum Gasteiger partial charge on any atom is -0.352 e. The summed E-state index contributed by atoms with van der Waals surface area (Å²) in [5, 5.41) is 4.92. The van der Waals surface area contributed by atoms with Crippen LogP contribution in [-0.4, -0.2) is 26.6 Å². The van der Waals surface area contributed by atoms with Crippen molar-refractivity contribution in [1.82, 2.24) is 19.8 Å². The summed E-state index contributed by atoms with van der Waals surface area (Å²) in [5.41, 5.74) is 5.71. The summed E-state index contributed by atoms with van der Waals surface area (Å²) < 4.78 is 2.26. The predicted octanol–water partition coefficient (Wildman–Crippen LogP) is 4.74. The maximum absolute atomic E-state index is 6.06. The highest BCUT2D eigenvalue weighted by Crippen LogP contribution is 2.40. The molecule has 0 unspecified atom stereocenters. The van der Waals surface area contributed by atoms with Gasteiger partial charge in [0.05, 0.1) is 17.8 Å². The van der Waals surface area contributed by atoms with Gasteiger partial charge in [-0.25, -0.2) is 0 Å². The number of nitrogens with one attached hydrogen (secondary N) is 1. The van der Waals surface area contributed by atoms with Gasteiger partial charge in [-0.15, -0.1) is 0 Å². The van der Waals surface area contributed by atoms with Crippen molar-refractivity contribution in [2.45, 2.75) is 25.9 Å². The molecule has 1 N–H and O–H groups in total. The molecule has 3 heterocycles. The molecule has 1 aromatic carbocycles. The summed E-state index contributed by atoms with van der Waals surface area (Å²) in [6.07, 6.45) is 1.83. The van der Waals surface area contributed by atoms with E-state index in [2.05, 4.69) is 39.7 Å². The van der Waals surface area contributed by atoms with Crippen LogP contribution in [0.3, 0.4) is 0 Å². The van der Waals surface area contributed by atoms with Crippen molar-refractivity contribution in [3.63, 3.8) is 0 Å². The van der Waals surface area contributed by atoms with Crippen molar-refractivity contribution < 1.29 is 0 Å². The first-order valence-corrected chi connectivity index (χ1v) is 9.65. The van der Waals surface area contributed by atoms with E-state index in [4.69, 9.17) is 23.8 Å². The molecule has 0 aliphatic carbocycles. The van der Waals surface area contributed by atoms with Crippen LogP contribution in [-0.2, 0) is 0 Å². The van der Waals surface area contributed by atoms with Crippen molar-refractivity contribution in [2.75, 3.05) is 7.05 Å². The molecule has 1 aliphatic rings. The Hall–Kier alpha value is -2.37. The van der Waals surface area contributed by atoms with Gasteiger partial charge in [-0.05, 0) is 74.1 Å². The first kappa shape index (κ1) is 18.0. The average Bonchev–Trinajstić information content (AvgIpc) is 3.12. The van der Waals surface area contributed by atoms with E-state index in [1.54, 1.807) is 0 Å². The van der Waals surface area contributed by atoms with Crippen LogP contribution in [0.4, 0.5) is 0 Å². The van der Waals surface area contributed by atoms with Crippen molar-refractivity contribution >= 4 is 28.9 Å². The first-order valence-electron chi connectivity index (χ1n) is 8.86. The lowest BCUT2D eigenvalue weighted by molar-refractivity contribution is 0.367. The Morgan fingerprint density at radius 2 is 1.85 bits per heavy atom. The van der Waals surface area contributed by atoms with Crippen LogP contribution in [0.25, 0.3) is 5.69 Å². The maximum atomic E-state index is 6.06. The molecule has 2 atom stereocenters. The topological polar surface area (TPSA) is 33.1 Å². The zero-order valence-corrected chi connectivity index (χ0v) is 17.1. The summed E-state index contributed by atoms with van der Waals surface area (Å²) in [5.74, 6) is 0. The number of thiocarbonyl (C=S) groups is 1. The Kier molecular flexibility index (Phi) is 4.66. The zero-order valence-electron chi connectivity index (χ0n) is 15.5. The number of pyridine rings is 1. The fourth-order valence-corrected chi connectivity index (χ4v) is 4.29. The normalized spacial score (nSPS) is 19.4. The second-order valence-corrected chi connectivity index (χ2v) is 7.70. The number of hydrogen-bond donors (Lipinski definition) is 1. The number of likely N-dealkylation sites (N-methyl/N-ethyl adjacent to an activating group) is 1. The summed E-state index contributed by atoms with van der Waals surface area (Å²) in [4.78, 5) is 6.69. The van der Waals surface area contributed by atoms with Crippen molar-refractivity contribution in [3.8, 4) is 5.69 Å². The Morgan fingerprint density at radius 3 is 2.52 bits per heavy atom. The minimum atomic E-state index is 0.0165. The van der Waals surface area contributed by atoms with E-state index < -0.39 is 0 Å². The van der Waals surface area contributed by atoms with Crippen LogP contribution >= 0.6 is 23.8 Å². The Bertz CT molecular complexity index is 981. The summed E-state index contributed by atoms with van der Waals surface area (Å²) in [6.45, 7) is 4.28. The predicted molar refractivity (Wildman–Crippen MR) is 113 cm³/mol. The Morgan fingerprint density at radius 1 is 1.11 bits per heavy atom. The Labute approximate surface area is 169 Å². The number of nitrogens with zero attached hydrogens (tertiary/aromatic N) is 3. The number of aryl methyl sites for hydroxylation is 1. The van der Waals surface area contributed by atoms with E-state index in [0.717, 1.165) is 21.5 Å². The molecule has 1 saturated heterocycles. The molecular formula is C21H21ClN4S. The van der Waals surface area contributed by atoms with E-state index in [9.17, 15) is 0 Å². The van der Waals surface area contributed by atoms with Gasteiger partial charge in [-0.1, -0.05) is 17.7 Å². The van der Waals surface area contributed by atoms with Gasteiger partial charge in [0.2, 0.25) is 0 Å². The molecule has 27 heavy (non-hydrogen) atoms. The molecule has 2 aromatic heterocycles. The van der Waals surface area contributed by atoms with Crippen LogP contribution < -0.4 is 5.32 Å². The van der Waals surface area contributed by atoms with Gasteiger partial charge in [0, 0.05) is 35.3 Å². The van der Waals surface area contributed by atoms with E-state index in [1.807, 2.05) is 55.7 Å². The molecule has 0 saturated carbocycles. The van der Waals surface area contributed by atoms with Crippen LogP contribution in [0.2, 0.25) is 5.02 Å². The largest absolute Gasteiger partial charge is 0.352 e. The third-order valence-corrected chi connectivity index (χ3v) is 5.87. The molecule has 0 spiro atoms. The van der Waals surface area contributed by atoms with Gasteiger partial charge in [0.15, 0.2) is 5.11 Å². The number of rotatable bonds is 3. The molecule has 1 aliphatic heterocycles. The third kappa shape index (κ3) is 3.11. The summed E-state index contributed by atoms with van der Waals surface area (Å²) in [7, 11) is 2.04. The Balaban J connectivity index is 1.81. The number of benzene rings is 1. The SMILES string of the molecule is Cc1cc([C@H]2[C@@H](c3ccccn3)NC(=S)N2C)c(C)n1-c1ccc(Cl)cc1. The third-order valence-electron chi connectivity index (χ3n) is 5.21. The van der Waals surface area contributed by atoms with Crippen molar-refractivity contribution in [2.24, 2.45) is 0 Å². The molecule has 0 bridgehead atoms. The first-order chi connectivity index (χ1) is 13.0. The highest BCUT2D eigenvalue weighted by molar-refractivity contribution is 7.80. The van der Waals surface area contributed by atoms with E-state index >= 15 is 0 Å². The maximum Gasteiger partial charge on any atom is 0.169 e. The van der Waals surface area contributed by atoms with Crippen LogP contribution in [0.15, 0.2) is 54.7 Å². The number of hydrogen-bond acceptors (Lipinski definition) is 2. The van der Waals surface area contributed by atoms with E-state index in [-0.39, 0.29) is 12.1 Å². The van der Waals surface area contributed by atoms with Gasteiger partial charge in [-0.3, -0.25) is 4.98 Å². The van der Waals surface area contributed by atoms with Crippen molar-refractivity contribution in [3.05, 3.63) is 82.4 Å². The standard InChI is InChI=1S/C21H21ClN4S/c1-13-12-17(14(2)26(13)16-9-7-15(22)8-10-16)20-19(24-21(27)25(20)3)18-6-4-5-11-23-18/h4-12,19-20H,1-3H3,(H,24,27)/t19-,20+/m1/s1. The van der Waals surface area contributed by atoms with Crippen LogP contribution in [0.5, 0.6) is 0 Å². The molecule has 0 radical (unpaired) electrons. The van der Waals surface area contributed by atoms with Crippen LogP contribution in [0, 0.1) is 13.8 Å². The molecule has 3 aromatic rings. The summed E-state index contributed by atoms with van der Waals surface area (Å²) in [6, 6.07) is 16.3. The molecule has 4 rings (SSSR count). The van der Waals surface area contributed by atoms with E-state index in [1.165, 1.54) is 17.0 Å². The van der Waals surface area contributed by atoms with Gasteiger partial charge in [0.1, 0.15) is 0 Å². The van der Waals surface area contributed by atoms with Crippen LogP contribution in [0.1, 0.15) is 34.7 Å². The highest BCUT2D eigenvalue weighted by Gasteiger charge is 2.39. The van der Waals surface area contributed by atoms with Gasteiger partial charge in [0.25, 0.3) is 0 Å². The highest BCUT2D eigenvalue weighted by atomic mass is 35.5. The summed E-state index contributed by atoms with van der Waals surface area (Å²) >= 11 is 11.6. The number of halogens is 1. The van der Waals surface area contributed by atoms with Gasteiger partial charge in [-0.2, -0.15) is 0 Å². The minimum absolute atomic E-state index is 0.0165. The smallest absolute Gasteiger partial charge is 0.169 e. The second kappa shape index (κ2) is 6.98. The second-order valence-electron chi connectivity index (χ2n) is 6.88. The molecule has 1 fully saturated rings. The lowest BCUT2D eigenvalue weighted by Gasteiger charge is -2.24. The molecule has 6 heteroatoms. The molecular weight excluding hydrogens is 376 g/mol. The van der Waals surface area contributed by atoms with Gasteiger partial charge >= 0.3 is 0 Å². The quantitative estimate of drug-likeness (QED) is 0.648. The molecule has 4 nitrogen and oxygen atoms in total. The lowest BCUT2D eigenvalue weighted by Crippen LogP contribution is -2.25. The van der Waals surface area contributed by atoms with Gasteiger partial charge < -0.3 is 14.8 Å².